The Hall–Kier alpha value is -1.56. The second-order valence-corrected chi connectivity index (χ2v) is 5.27. The van der Waals surface area contributed by atoms with Crippen LogP contribution < -0.4 is 11.1 Å². The smallest absolute Gasteiger partial charge is 0.264 e. The summed E-state index contributed by atoms with van der Waals surface area (Å²) >= 11 is 1.40. The first-order chi connectivity index (χ1) is 8.08. The fraction of sp³-hybridized carbons (Fsp3) is 0.455. The Morgan fingerprint density at radius 1 is 1.53 bits per heavy atom. The van der Waals surface area contributed by atoms with Gasteiger partial charge in [0.05, 0.1) is 4.88 Å². The van der Waals surface area contributed by atoms with Gasteiger partial charge >= 0.3 is 0 Å². The summed E-state index contributed by atoms with van der Waals surface area (Å²) in [5.74, 6) is -0.0338. The van der Waals surface area contributed by atoms with E-state index in [4.69, 9.17) is 5.73 Å². The van der Waals surface area contributed by atoms with E-state index in [1.54, 1.807) is 11.0 Å². The van der Waals surface area contributed by atoms with Crippen LogP contribution in [-0.4, -0.2) is 36.3 Å². The Labute approximate surface area is 104 Å². The van der Waals surface area contributed by atoms with E-state index in [-0.39, 0.29) is 11.8 Å². The number of rotatable bonds is 1. The van der Waals surface area contributed by atoms with Gasteiger partial charge in [-0.15, -0.1) is 11.3 Å². The molecule has 0 unspecified atom stereocenters. The lowest BCUT2D eigenvalue weighted by atomic mass is 10.3. The average molecular weight is 253 g/mol. The Kier molecular flexibility index (Phi) is 3.33. The van der Waals surface area contributed by atoms with E-state index in [1.165, 1.54) is 11.3 Å². The van der Waals surface area contributed by atoms with Crippen molar-refractivity contribution >= 4 is 28.8 Å². The van der Waals surface area contributed by atoms with Crippen molar-refractivity contribution in [1.29, 1.82) is 0 Å². The molecule has 5 nitrogen and oxygen atoms in total. The first-order valence-corrected chi connectivity index (χ1v) is 6.31. The van der Waals surface area contributed by atoms with Gasteiger partial charge in [-0.25, -0.2) is 0 Å². The summed E-state index contributed by atoms with van der Waals surface area (Å²) in [6, 6.07) is 1.71. The highest BCUT2D eigenvalue weighted by Gasteiger charge is 2.21. The number of nitrogen functional groups attached to an aromatic ring is 1. The minimum Gasteiger partial charge on any atom is -0.398 e. The molecule has 0 bridgehead atoms. The van der Waals surface area contributed by atoms with Gasteiger partial charge in [-0.05, 0) is 13.0 Å². The van der Waals surface area contributed by atoms with Crippen molar-refractivity contribution in [2.45, 2.75) is 13.3 Å². The summed E-state index contributed by atoms with van der Waals surface area (Å²) in [6.07, 6.45) is 0.367. The predicted molar refractivity (Wildman–Crippen MR) is 67.0 cm³/mol. The molecule has 2 heterocycles. The maximum Gasteiger partial charge on any atom is 0.264 e. The fourth-order valence-electron chi connectivity index (χ4n) is 1.73. The van der Waals surface area contributed by atoms with E-state index < -0.39 is 0 Å². The van der Waals surface area contributed by atoms with E-state index in [0.717, 1.165) is 4.88 Å². The standard InChI is InChI=1S/C11H15N3O2S/c1-7-8(12)6-9(17-7)11(16)14-4-2-10(15)13-3-5-14/h6H,2-5,12H2,1H3,(H,13,15). The Morgan fingerprint density at radius 2 is 2.29 bits per heavy atom. The van der Waals surface area contributed by atoms with Crippen LogP contribution in [0, 0.1) is 6.92 Å². The summed E-state index contributed by atoms with van der Waals surface area (Å²) < 4.78 is 0. The molecule has 0 atom stereocenters. The topological polar surface area (TPSA) is 75.4 Å². The van der Waals surface area contributed by atoms with Crippen LogP contribution in [0.25, 0.3) is 0 Å². The highest BCUT2D eigenvalue weighted by molar-refractivity contribution is 7.14. The number of amides is 2. The highest BCUT2D eigenvalue weighted by atomic mass is 32.1. The molecule has 1 aliphatic heterocycles. The van der Waals surface area contributed by atoms with E-state index in [2.05, 4.69) is 5.32 Å². The first kappa shape index (κ1) is 11.9. The summed E-state index contributed by atoms with van der Waals surface area (Å²) in [5.41, 5.74) is 6.39. The number of nitrogens with two attached hydrogens (primary N) is 1. The molecule has 1 aromatic heterocycles. The summed E-state index contributed by atoms with van der Waals surface area (Å²) in [7, 11) is 0. The van der Waals surface area contributed by atoms with Crippen LogP contribution in [0.3, 0.4) is 0 Å². The first-order valence-electron chi connectivity index (χ1n) is 5.50. The lowest BCUT2D eigenvalue weighted by Crippen LogP contribution is -2.33. The van der Waals surface area contributed by atoms with Crippen molar-refractivity contribution < 1.29 is 9.59 Å². The van der Waals surface area contributed by atoms with Crippen molar-refractivity contribution in [3.8, 4) is 0 Å². The number of carbonyl (C=O) groups is 2. The quantitative estimate of drug-likeness (QED) is 0.769. The van der Waals surface area contributed by atoms with Gasteiger partial charge in [0.1, 0.15) is 0 Å². The van der Waals surface area contributed by atoms with Crippen LogP contribution in [0.1, 0.15) is 21.0 Å². The minimum absolute atomic E-state index is 0.00201. The monoisotopic (exact) mass is 253 g/mol. The number of hydrogen-bond acceptors (Lipinski definition) is 4. The maximum absolute atomic E-state index is 12.2. The number of aryl methyl sites for hydroxylation is 1. The zero-order valence-corrected chi connectivity index (χ0v) is 10.5. The summed E-state index contributed by atoms with van der Waals surface area (Å²) in [5, 5.41) is 2.74. The van der Waals surface area contributed by atoms with Gasteiger partial charge in [0.15, 0.2) is 0 Å². The number of carbonyl (C=O) groups excluding carboxylic acids is 2. The zero-order valence-electron chi connectivity index (χ0n) is 9.66. The Balaban J connectivity index is 2.11. The van der Waals surface area contributed by atoms with Crippen molar-refractivity contribution in [2.24, 2.45) is 0 Å². The number of nitrogens with one attached hydrogen (secondary N) is 1. The summed E-state index contributed by atoms with van der Waals surface area (Å²) in [6.45, 7) is 3.44. The van der Waals surface area contributed by atoms with Crippen LogP contribution >= 0.6 is 11.3 Å². The molecule has 1 aromatic rings. The van der Waals surface area contributed by atoms with Gasteiger partial charge in [-0.3, -0.25) is 9.59 Å². The largest absolute Gasteiger partial charge is 0.398 e. The van der Waals surface area contributed by atoms with Crippen LogP contribution in [0.5, 0.6) is 0 Å². The molecule has 0 aliphatic carbocycles. The number of anilines is 1. The van der Waals surface area contributed by atoms with Crippen LogP contribution in [0.4, 0.5) is 5.69 Å². The highest BCUT2D eigenvalue weighted by Crippen LogP contribution is 2.24. The van der Waals surface area contributed by atoms with Crippen molar-refractivity contribution in [3.63, 3.8) is 0 Å². The normalized spacial score (nSPS) is 16.5. The number of hydrogen-bond donors (Lipinski definition) is 2. The third-order valence-corrected chi connectivity index (χ3v) is 3.82. The molecule has 6 heteroatoms. The predicted octanol–water partition coefficient (Wildman–Crippen LogP) is 0.601. The molecule has 1 fully saturated rings. The summed E-state index contributed by atoms with van der Waals surface area (Å²) in [4.78, 5) is 26.6. The third kappa shape index (κ3) is 2.58. The Bertz CT molecular complexity index is 436. The van der Waals surface area contributed by atoms with Crippen molar-refractivity contribution in [1.82, 2.24) is 10.2 Å². The van der Waals surface area contributed by atoms with Gasteiger partial charge in [0, 0.05) is 36.6 Å². The van der Waals surface area contributed by atoms with Crippen LogP contribution in [0.15, 0.2) is 6.07 Å². The number of nitrogens with zero attached hydrogens (tertiary/aromatic N) is 1. The number of thiophene rings is 1. The molecule has 0 spiro atoms. The van der Waals surface area contributed by atoms with E-state index in [9.17, 15) is 9.59 Å². The van der Waals surface area contributed by atoms with Gasteiger partial charge in [-0.2, -0.15) is 0 Å². The average Bonchev–Trinajstić information content (AvgIpc) is 2.51. The third-order valence-electron chi connectivity index (χ3n) is 2.77. The fourth-order valence-corrected chi connectivity index (χ4v) is 2.64. The molecule has 0 radical (unpaired) electrons. The molecule has 1 saturated heterocycles. The zero-order chi connectivity index (χ0) is 12.4. The van der Waals surface area contributed by atoms with E-state index in [0.29, 0.717) is 36.6 Å². The molecular formula is C11H15N3O2S. The Morgan fingerprint density at radius 3 is 2.94 bits per heavy atom. The molecule has 2 amide bonds. The molecule has 3 N–H and O–H groups in total. The van der Waals surface area contributed by atoms with Crippen LogP contribution in [-0.2, 0) is 4.79 Å². The molecule has 1 aliphatic rings. The van der Waals surface area contributed by atoms with Crippen molar-refractivity contribution in [3.05, 3.63) is 15.8 Å². The second kappa shape index (κ2) is 4.75. The molecule has 0 aromatic carbocycles. The van der Waals surface area contributed by atoms with Crippen LogP contribution in [0.2, 0.25) is 0 Å². The van der Waals surface area contributed by atoms with Gasteiger partial charge < -0.3 is 16.0 Å². The molecule has 17 heavy (non-hydrogen) atoms. The van der Waals surface area contributed by atoms with Gasteiger partial charge in [0.2, 0.25) is 5.91 Å². The van der Waals surface area contributed by atoms with E-state index in [1.807, 2.05) is 6.92 Å². The van der Waals surface area contributed by atoms with Gasteiger partial charge in [-0.1, -0.05) is 0 Å². The molecule has 2 rings (SSSR count). The maximum atomic E-state index is 12.2. The van der Waals surface area contributed by atoms with Gasteiger partial charge in [0.25, 0.3) is 5.91 Å². The SMILES string of the molecule is Cc1sc(C(=O)N2CCNC(=O)CC2)cc1N. The lowest BCUT2D eigenvalue weighted by Gasteiger charge is -2.18. The molecular weight excluding hydrogens is 238 g/mol. The van der Waals surface area contributed by atoms with E-state index >= 15 is 0 Å². The molecule has 0 saturated carbocycles. The second-order valence-electron chi connectivity index (χ2n) is 4.01. The molecule has 92 valence electrons. The minimum atomic E-state index is -0.0358. The van der Waals surface area contributed by atoms with Crippen molar-refractivity contribution in [2.75, 3.05) is 25.4 Å². The lowest BCUT2D eigenvalue weighted by molar-refractivity contribution is -0.120.